The molecule has 3 rings (SSSR count). The van der Waals surface area contributed by atoms with Gasteiger partial charge in [0.25, 0.3) is 0 Å². The summed E-state index contributed by atoms with van der Waals surface area (Å²) in [5.74, 6) is 1.52. The number of allylic oxidation sites excluding steroid dienone is 1. The van der Waals surface area contributed by atoms with Crippen molar-refractivity contribution in [1.29, 1.82) is 0 Å². The number of tetrazole rings is 1. The van der Waals surface area contributed by atoms with Crippen molar-refractivity contribution in [3.8, 4) is 11.5 Å². The van der Waals surface area contributed by atoms with E-state index in [0.717, 1.165) is 11.1 Å². The predicted molar refractivity (Wildman–Crippen MR) is 119 cm³/mol. The highest BCUT2D eigenvalue weighted by atomic mass is 35.5. The minimum atomic E-state index is 0.226. The van der Waals surface area contributed by atoms with Gasteiger partial charge in [0.15, 0.2) is 11.5 Å². The monoisotopic (exact) mass is 467 g/mol. The number of nitrogens with zero attached hydrogens (tertiary/aromatic N) is 4. The lowest BCUT2D eigenvalue weighted by atomic mass is 10.2. The van der Waals surface area contributed by atoms with E-state index in [0.29, 0.717) is 52.2 Å². The van der Waals surface area contributed by atoms with E-state index in [2.05, 4.69) is 27.4 Å². The van der Waals surface area contributed by atoms with Gasteiger partial charge < -0.3 is 14.8 Å². The molecule has 2 aromatic carbocycles. The lowest BCUT2D eigenvalue weighted by molar-refractivity contribution is 0.269. The average molecular weight is 469 g/mol. The first-order valence-electron chi connectivity index (χ1n) is 9.14. The smallest absolute Gasteiger partial charge is 0.243 e. The SMILES string of the molecule is C=CCn1nnnc1NCc1cc(Cl)c(OCc2ccc(Cl)cc2Cl)c(OCC)c1. The normalized spacial score (nSPS) is 10.7. The Balaban J connectivity index is 1.76. The summed E-state index contributed by atoms with van der Waals surface area (Å²) in [7, 11) is 0. The first kappa shape index (κ1) is 22.2. The van der Waals surface area contributed by atoms with Crippen molar-refractivity contribution in [3.05, 3.63) is 69.2 Å². The van der Waals surface area contributed by atoms with E-state index < -0.39 is 0 Å². The second-order valence-electron chi connectivity index (χ2n) is 6.19. The van der Waals surface area contributed by atoms with Crippen LogP contribution < -0.4 is 14.8 Å². The summed E-state index contributed by atoms with van der Waals surface area (Å²) in [5.41, 5.74) is 1.67. The second-order valence-corrected chi connectivity index (χ2v) is 7.44. The molecule has 0 saturated carbocycles. The molecule has 158 valence electrons. The zero-order valence-electron chi connectivity index (χ0n) is 16.2. The van der Waals surface area contributed by atoms with E-state index >= 15 is 0 Å². The molecule has 0 fully saturated rings. The Hall–Kier alpha value is -2.48. The van der Waals surface area contributed by atoms with Crippen LogP contribution in [-0.4, -0.2) is 26.8 Å². The summed E-state index contributed by atoms with van der Waals surface area (Å²) in [6, 6.07) is 8.90. The van der Waals surface area contributed by atoms with Gasteiger partial charge in [-0.25, -0.2) is 4.68 Å². The van der Waals surface area contributed by atoms with Gasteiger partial charge in [-0.15, -0.1) is 6.58 Å². The van der Waals surface area contributed by atoms with E-state index in [1.165, 1.54) is 0 Å². The molecule has 0 aliphatic carbocycles. The quantitative estimate of drug-likeness (QED) is 0.401. The summed E-state index contributed by atoms with van der Waals surface area (Å²) in [6.07, 6.45) is 1.71. The van der Waals surface area contributed by atoms with E-state index in [1.54, 1.807) is 29.0 Å². The van der Waals surface area contributed by atoms with Crippen LogP contribution in [0.5, 0.6) is 11.5 Å². The molecule has 1 heterocycles. The molecule has 0 spiro atoms. The molecule has 3 aromatic rings. The fourth-order valence-electron chi connectivity index (χ4n) is 2.67. The summed E-state index contributed by atoms with van der Waals surface area (Å²) in [4.78, 5) is 0. The Morgan fingerprint density at radius 1 is 1.13 bits per heavy atom. The third-order valence-corrected chi connectivity index (χ3v) is 4.91. The number of aromatic nitrogens is 4. The van der Waals surface area contributed by atoms with Crippen LogP contribution >= 0.6 is 34.8 Å². The summed E-state index contributed by atoms with van der Waals surface area (Å²) >= 11 is 18.7. The van der Waals surface area contributed by atoms with Crippen molar-refractivity contribution in [2.75, 3.05) is 11.9 Å². The summed E-state index contributed by atoms with van der Waals surface area (Å²) in [5, 5.41) is 16.2. The van der Waals surface area contributed by atoms with Gasteiger partial charge in [-0.05, 0) is 47.2 Å². The third-order valence-electron chi connectivity index (χ3n) is 4.04. The molecule has 0 radical (unpaired) electrons. The molecule has 0 aliphatic heterocycles. The van der Waals surface area contributed by atoms with Gasteiger partial charge in [0, 0.05) is 22.2 Å². The highest BCUT2D eigenvalue weighted by Gasteiger charge is 2.15. The number of anilines is 1. The molecule has 0 bridgehead atoms. The second kappa shape index (κ2) is 10.5. The molecule has 0 unspecified atom stereocenters. The lowest BCUT2D eigenvalue weighted by Gasteiger charge is -2.16. The van der Waals surface area contributed by atoms with E-state index in [4.69, 9.17) is 44.3 Å². The Labute approximate surface area is 189 Å². The van der Waals surface area contributed by atoms with Crippen molar-refractivity contribution < 1.29 is 9.47 Å². The Morgan fingerprint density at radius 2 is 1.97 bits per heavy atom. The van der Waals surface area contributed by atoms with Crippen LogP contribution in [0.15, 0.2) is 43.0 Å². The molecule has 30 heavy (non-hydrogen) atoms. The van der Waals surface area contributed by atoms with Gasteiger partial charge >= 0.3 is 0 Å². The number of benzene rings is 2. The molecule has 0 atom stereocenters. The number of hydrogen-bond donors (Lipinski definition) is 1. The van der Waals surface area contributed by atoms with Crippen molar-refractivity contribution in [2.45, 2.75) is 26.6 Å². The zero-order chi connectivity index (χ0) is 21.5. The average Bonchev–Trinajstić information content (AvgIpc) is 3.15. The number of hydrogen-bond acceptors (Lipinski definition) is 6. The fraction of sp³-hybridized carbons (Fsp3) is 0.250. The molecule has 1 N–H and O–H groups in total. The summed E-state index contributed by atoms with van der Waals surface area (Å²) in [6.45, 7) is 7.21. The van der Waals surface area contributed by atoms with Gasteiger partial charge in [-0.2, -0.15) is 0 Å². The minimum absolute atomic E-state index is 0.226. The zero-order valence-corrected chi connectivity index (χ0v) is 18.5. The standard InChI is InChI=1S/C20H20Cl3N5O2/c1-3-7-28-20(25-26-27-28)24-11-13-8-17(23)19(18(9-13)29-4-2)30-12-14-5-6-15(21)10-16(14)22/h3,5-6,8-10H,1,4,7,11-12H2,2H3,(H,24,25,27). The van der Waals surface area contributed by atoms with Gasteiger partial charge in [0.05, 0.1) is 18.2 Å². The number of halogens is 3. The molecule has 7 nitrogen and oxygen atoms in total. The van der Waals surface area contributed by atoms with Crippen LogP contribution in [0.2, 0.25) is 15.1 Å². The van der Waals surface area contributed by atoms with Crippen molar-refractivity contribution in [1.82, 2.24) is 20.2 Å². The first-order valence-corrected chi connectivity index (χ1v) is 10.3. The molecule has 0 aliphatic rings. The van der Waals surface area contributed by atoms with E-state index in [-0.39, 0.29) is 6.61 Å². The van der Waals surface area contributed by atoms with Gasteiger partial charge in [-0.3, -0.25) is 0 Å². The minimum Gasteiger partial charge on any atom is -0.490 e. The Morgan fingerprint density at radius 3 is 2.70 bits per heavy atom. The van der Waals surface area contributed by atoms with E-state index in [1.807, 2.05) is 19.1 Å². The Kier molecular flexibility index (Phi) is 7.79. The van der Waals surface area contributed by atoms with Gasteiger partial charge in [0.1, 0.15) is 6.61 Å². The van der Waals surface area contributed by atoms with Crippen molar-refractivity contribution in [2.24, 2.45) is 0 Å². The van der Waals surface area contributed by atoms with Crippen LogP contribution in [0.4, 0.5) is 5.95 Å². The lowest BCUT2D eigenvalue weighted by Crippen LogP contribution is -2.09. The highest BCUT2D eigenvalue weighted by Crippen LogP contribution is 2.38. The topological polar surface area (TPSA) is 74.1 Å². The van der Waals surface area contributed by atoms with Crippen LogP contribution in [-0.2, 0) is 19.7 Å². The fourth-order valence-corrected chi connectivity index (χ4v) is 3.42. The number of rotatable bonds is 10. The molecule has 10 heteroatoms. The third kappa shape index (κ3) is 5.56. The number of ether oxygens (including phenoxy) is 2. The highest BCUT2D eigenvalue weighted by molar-refractivity contribution is 6.35. The van der Waals surface area contributed by atoms with Crippen LogP contribution in [0.1, 0.15) is 18.1 Å². The summed E-state index contributed by atoms with van der Waals surface area (Å²) < 4.78 is 13.3. The number of nitrogens with one attached hydrogen (secondary N) is 1. The van der Waals surface area contributed by atoms with Crippen molar-refractivity contribution in [3.63, 3.8) is 0 Å². The van der Waals surface area contributed by atoms with Crippen LogP contribution in [0.3, 0.4) is 0 Å². The van der Waals surface area contributed by atoms with Gasteiger partial charge in [0.2, 0.25) is 5.95 Å². The van der Waals surface area contributed by atoms with Crippen molar-refractivity contribution >= 4 is 40.8 Å². The Bertz CT molecular complexity index is 1030. The first-order chi connectivity index (χ1) is 14.5. The maximum Gasteiger partial charge on any atom is 0.243 e. The van der Waals surface area contributed by atoms with E-state index in [9.17, 15) is 0 Å². The maximum absolute atomic E-state index is 6.50. The molecular weight excluding hydrogens is 449 g/mol. The molecule has 0 amide bonds. The van der Waals surface area contributed by atoms with Crippen LogP contribution in [0.25, 0.3) is 0 Å². The largest absolute Gasteiger partial charge is 0.490 e. The maximum atomic E-state index is 6.50. The molecule has 0 saturated heterocycles. The van der Waals surface area contributed by atoms with Crippen LogP contribution in [0, 0.1) is 0 Å². The molecular formula is C20H20Cl3N5O2. The van der Waals surface area contributed by atoms with Gasteiger partial charge in [-0.1, -0.05) is 52.0 Å². The predicted octanol–water partition coefficient (Wildman–Crippen LogP) is 5.41. The molecule has 1 aromatic heterocycles.